The van der Waals surface area contributed by atoms with Crippen LogP contribution in [0.2, 0.25) is 0 Å². The summed E-state index contributed by atoms with van der Waals surface area (Å²) < 4.78 is 23.8. The van der Waals surface area contributed by atoms with Crippen LogP contribution in [0.4, 0.5) is 14.9 Å². The zero-order valence-corrected chi connectivity index (χ0v) is 12.6. The first-order chi connectivity index (χ1) is 11.5. The van der Waals surface area contributed by atoms with Gasteiger partial charge in [0.2, 0.25) is 0 Å². The van der Waals surface area contributed by atoms with Gasteiger partial charge in [-0.25, -0.2) is 9.18 Å². The zero-order valence-electron chi connectivity index (χ0n) is 12.6. The molecule has 7 heteroatoms. The topological polar surface area (TPSA) is 78.7 Å². The first-order valence-corrected chi connectivity index (χ1v) is 7.40. The van der Waals surface area contributed by atoms with Crippen molar-refractivity contribution >= 4 is 11.8 Å². The van der Waals surface area contributed by atoms with Crippen molar-refractivity contribution in [1.29, 1.82) is 0 Å². The van der Waals surface area contributed by atoms with E-state index in [0.29, 0.717) is 18.4 Å². The summed E-state index contributed by atoms with van der Waals surface area (Å²) in [6.07, 6.45) is -0.118. The van der Waals surface area contributed by atoms with E-state index in [0.717, 1.165) is 0 Å². The van der Waals surface area contributed by atoms with E-state index in [9.17, 15) is 19.3 Å². The van der Waals surface area contributed by atoms with E-state index in [-0.39, 0.29) is 29.3 Å². The number of hydrogen-bond acceptors (Lipinski definition) is 5. The number of carbonyl (C=O) groups excluding carboxylic acids is 1. The Morgan fingerprint density at radius 2 is 1.79 bits per heavy atom. The average Bonchev–Trinajstić information content (AvgIpc) is 2.52. The summed E-state index contributed by atoms with van der Waals surface area (Å²) in [5.74, 6) is -0.0617. The Morgan fingerprint density at radius 1 is 1.12 bits per heavy atom. The Balaban J connectivity index is 1.48. The lowest BCUT2D eigenvalue weighted by Gasteiger charge is -2.34. The van der Waals surface area contributed by atoms with Crippen LogP contribution in [-0.2, 0) is 4.74 Å². The maximum absolute atomic E-state index is 13.6. The maximum Gasteiger partial charge on any atom is 0.514 e. The fourth-order valence-corrected chi connectivity index (χ4v) is 2.61. The molecule has 124 valence electrons. The molecule has 1 aliphatic rings. The molecule has 0 spiro atoms. The number of non-ortho nitro benzene ring substituents is 1. The smallest absolute Gasteiger partial charge is 0.431 e. The van der Waals surface area contributed by atoms with Gasteiger partial charge in [0.1, 0.15) is 17.7 Å². The molecule has 0 amide bonds. The number of nitro benzene ring substituents is 1. The van der Waals surface area contributed by atoms with Gasteiger partial charge >= 0.3 is 6.16 Å². The number of hydrogen-bond donors (Lipinski definition) is 0. The van der Waals surface area contributed by atoms with Crippen molar-refractivity contribution < 1.29 is 23.6 Å². The molecule has 0 heterocycles. The van der Waals surface area contributed by atoms with Crippen LogP contribution in [0, 0.1) is 15.9 Å². The van der Waals surface area contributed by atoms with Crippen LogP contribution in [0.1, 0.15) is 24.3 Å². The van der Waals surface area contributed by atoms with Crippen molar-refractivity contribution in [2.45, 2.75) is 24.9 Å². The maximum atomic E-state index is 13.6. The molecule has 2 aromatic carbocycles. The number of rotatable bonds is 4. The minimum Gasteiger partial charge on any atom is -0.431 e. The molecule has 6 nitrogen and oxygen atoms in total. The van der Waals surface area contributed by atoms with Gasteiger partial charge in [-0.2, -0.15) is 0 Å². The van der Waals surface area contributed by atoms with Gasteiger partial charge in [-0.1, -0.05) is 18.2 Å². The van der Waals surface area contributed by atoms with Gasteiger partial charge in [0.25, 0.3) is 5.69 Å². The summed E-state index contributed by atoms with van der Waals surface area (Å²) in [6.45, 7) is 0. The normalized spacial score (nSPS) is 19.2. The Bertz CT molecular complexity index is 756. The van der Waals surface area contributed by atoms with E-state index in [4.69, 9.17) is 9.47 Å². The number of ether oxygens (including phenoxy) is 2. The van der Waals surface area contributed by atoms with Gasteiger partial charge < -0.3 is 9.47 Å². The van der Waals surface area contributed by atoms with Crippen LogP contribution in [0.25, 0.3) is 0 Å². The van der Waals surface area contributed by atoms with Gasteiger partial charge in [-0.05, 0) is 42.5 Å². The van der Waals surface area contributed by atoms with Crippen LogP contribution in [0.3, 0.4) is 0 Å². The van der Waals surface area contributed by atoms with Crippen molar-refractivity contribution in [3.63, 3.8) is 0 Å². The predicted octanol–water partition coefficient (Wildman–Crippen LogP) is 4.20. The van der Waals surface area contributed by atoms with E-state index >= 15 is 0 Å². The predicted molar refractivity (Wildman–Crippen MR) is 82.4 cm³/mol. The Kier molecular flexibility index (Phi) is 4.41. The summed E-state index contributed by atoms with van der Waals surface area (Å²) in [7, 11) is 0. The molecule has 0 bridgehead atoms. The average molecular weight is 331 g/mol. The molecule has 1 saturated carbocycles. The number of carbonyl (C=O) groups is 1. The van der Waals surface area contributed by atoms with Gasteiger partial charge in [0.15, 0.2) is 0 Å². The highest BCUT2D eigenvalue weighted by molar-refractivity contribution is 5.64. The third-order valence-corrected chi connectivity index (χ3v) is 3.95. The van der Waals surface area contributed by atoms with E-state index < -0.39 is 11.1 Å². The van der Waals surface area contributed by atoms with E-state index in [1.54, 1.807) is 18.2 Å². The quantitative estimate of drug-likeness (QED) is 0.363. The van der Waals surface area contributed by atoms with Gasteiger partial charge in [-0.3, -0.25) is 10.1 Å². The van der Waals surface area contributed by atoms with Crippen molar-refractivity contribution in [3.05, 3.63) is 70.0 Å². The molecule has 0 atom stereocenters. The van der Waals surface area contributed by atoms with Crippen molar-refractivity contribution in [1.82, 2.24) is 0 Å². The highest BCUT2D eigenvalue weighted by Crippen LogP contribution is 2.39. The molecule has 0 radical (unpaired) electrons. The minimum absolute atomic E-state index is 0.0309. The highest BCUT2D eigenvalue weighted by atomic mass is 19.1. The highest BCUT2D eigenvalue weighted by Gasteiger charge is 2.35. The number of halogens is 1. The van der Waals surface area contributed by atoms with E-state index in [1.165, 1.54) is 30.3 Å². The van der Waals surface area contributed by atoms with Crippen molar-refractivity contribution in [2.75, 3.05) is 0 Å². The Labute approximate surface area is 137 Å². The molecular formula is C17H14FNO5. The molecule has 24 heavy (non-hydrogen) atoms. The second-order valence-electron chi connectivity index (χ2n) is 5.53. The molecule has 1 aliphatic carbocycles. The summed E-state index contributed by atoms with van der Waals surface area (Å²) in [4.78, 5) is 21.7. The molecule has 0 N–H and O–H groups in total. The Hall–Kier alpha value is -2.96. The third kappa shape index (κ3) is 3.51. The van der Waals surface area contributed by atoms with Gasteiger partial charge in [0, 0.05) is 12.1 Å². The summed E-state index contributed by atoms with van der Waals surface area (Å²) >= 11 is 0. The standard InChI is InChI=1S/C17H14FNO5/c18-16-4-2-1-3-15(16)11-9-14(10-11)24-17(20)23-13-7-5-12(6-8-13)19(21)22/h1-8,11,14H,9-10H2. The molecule has 3 rings (SSSR count). The third-order valence-electron chi connectivity index (χ3n) is 3.95. The number of nitrogens with zero attached hydrogens (tertiary/aromatic N) is 1. The summed E-state index contributed by atoms with van der Waals surface area (Å²) in [6, 6.07) is 11.7. The van der Waals surface area contributed by atoms with E-state index in [2.05, 4.69) is 0 Å². The molecule has 1 fully saturated rings. The number of benzene rings is 2. The van der Waals surface area contributed by atoms with Crippen LogP contribution in [-0.4, -0.2) is 17.2 Å². The molecule has 0 aliphatic heterocycles. The monoisotopic (exact) mass is 331 g/mol. The van der Waals surface area contributed by atoms with Crippen LogP contribution in [0.5, 0.6) is 5.75 Å². The second-order valence-corrected chi connectivity index (χ2v) is 5.53. The SMILES string of the molecule is O=C(Oc1ccc([N+](=O)[O-])cc1)OC1CC(c2ccccc2F)C1. The minimum atomic E-state index is -0.874. The van der Waals surface area contributed by atoms with E-state index in [1.807, 2.05) is 0 Å². The largest absolute Gasteiger partial charge is 0.514 e. The van der Waals surface area contributed by atoms with Crippen molar-refractivity contribution in [2.24, 2.45) is 0 Å². The second kappa shape index (κ2) is 6.66. The zero-order chi connectivity index (χ0) is 17.1. The van der Waals surface area contributed by atoms with Crippen LogP contribution in [0.15, 0.2) is 48.5 Å². The molecule has 0 saturated heterocycles. The fourth-order valence-electron chi connectivity index (χ4n) is 2.61. The summed E-state index contributed by atoms with van der Waals surface area (Å²) in [5, 5.41) is 10.5. The fraction of sp³-hybridized carbons (Fsp3) is 0.235. The first-order valence-electron chi connectivity index (χ1n) is 7.40. The molecule has 2 aromatic rings. The molecule has 0 aromatic heterocycles. The van der Waals surface area contributed by atoms with Crippen LogP contribution < -0.4 is 4.74 Å². The van der Waals surface area contributed by atoms with Gasteiger partial charge in [-0.15, -0.1) is 0 Å². The Morgan fingerprint density at radius 3 is 2.42 bits per heavy atom. The lowest BCUT2D eigenvalue weighted by atomic mass is 9.77. The molecular weight excluding hydrogens is 317 g/mol. The molecule has 0 unspecified atom stereocenters. The van der Waals surface area contributed by atoms with Crippen molar-refractivity contribution in [3.8, 4) is 5.75 Å². The first kappa shape index (κ1) is 15.9. The van der Waals surface area contributed by atoms with Crippen LogP contribution >= 0.6 is 0 Å². The lowest BCUT2D eigenvalue weighted by molar-refractivity contribution is -0.384. The van der Waals surface area contributed by atoms with Gasteiger partial charge in [0.05, 0.1) is 4.92 Å². The lowest BCUT2D eigenvalue weighted by Crippen LogP contribution is -2.33. The number of nitro groups is 1. The summed E-state index contributed by atoms with van der Waals surface area (Å²) in [5.41, 5.74) is 0.531.